The number of rotatable bonds is 7. The van der Waals surface area contributed by atoms with Gasteiger partial charge in [-0.1, -0.05) is 32.0 Å². The van der Waals surface area contributed by atoms with Crippen molar-refractivity contribution >= 4 is 45.6 Å². The van der Waals surface area contributed by atoms with E-state index in [0.29, 0.717) is 30.7 Å². The van der Waals surface area contributed by atoms with Crippen LogP contribution in [0.5, 0.6) is 0 Å². The van der Waals surface area contributed by atoms with Crippen molar-refractivity contribution in [2.24, 2.45) is 12.0 Å². The summed E-state index contributed by atoms with van der Waals surface area (Å²) in [6, 6.07) is 7.30. The van der Waals surface area contributed by atoms with E-state index in [1.165, 1.54) is 0 Å². The third-order valence-electron chi connectivity index (χ3n) is 4.21. The highest BCUT2D eigenvalue weighted by atomic mass is 127. The number of hydrogen-bond donors (Lipinski definition) is 2. The number of nitrogens with one attached hydrogen (secondary N) is 2. The van der Waals surface area contributed by atoms with Crippen molar-refractivity contribution < 1.29 is 8.42 Å². The van der Waals surface area contributed by atoms with Gasteiger partial charge < -0.3 is 10.2 Å². The van der Waals surface area contributed by atoms with E-state index in [-0.39, 0.29) is 24.0 Å². The van der Waals surface area contributed by atoms with Gasteiger partial charge in [0.15, 0.2) is 5.96 Å². The van der Waals surface area contributed by atoms with Gasteiger partial charge in [-0.2, -0.15) is 5.10 Å². The Balaban J connectivity index is 0.00000420. The largest absolute Gasteiger partial charge is 0.352 e. The molecule has 0 aliphatic carbocycles. The average Bonchev–Trinajstić information content (AvgIpc) is 2.96. The van der Waals surface area contributed by atoms with Crippen molar-refractivity contribution in [2.75, 3.05) is 25.1 Å². The van der Waals surface area contributed by atoms with Gasteiger partial charge in [-0.25, -0.2) is 8.42 Å². The van der Waals surface area contributed by atoms with Gasteiger partial charge in [-0.15, -0.1) is 24.0 Å². The highest BCUT2D eigenvalue weighted by molar-refractivity contribution is 14.0. The fourth-order valence-corrected chi connectivity index (χ4v) is 3.62. The van der Waals surface area contributed by atoms with Crippen LogP contribution in [0.4, 0.5) is 5.69 Å². The quantitative estimate of drug-likeness (QED) is 0.324. The highest BCUT2D eigenvalue weighted by Gasteiger charge is 2.15. The van der Waals surface area contributed by atoms with Gasteiger partial charge >= 0.3 is 0 Å². The van der Waals surface area contributed by atoms with Gasteiger partial charge in [0, 0.05) is 46.0 Å². The van der Waals surface area contributed by atoms with Crippen molar-refractivity contribution in [1.82, 2.24) is 20.0 Å². The molecule has 0 atom stereocenters. The molecule has 1 heterocycles. The van der Waals surface area contributed by atoms with Gasteiger partial charge in [0.05, 0.1) is 17.6 Å². The summed E-state index contributed by atoms with van der Waals surface area (Å²) >= 11 is 0. The van der Waals surface area contributed by atoms with Crippen LogP contribution in [0, 0.1) is 0 Å². The van der Waals surface area contributed by atoms with Crippen molar-refractivity contribution in [3.63, 3.8) is 0 Å². The number of para-hydroxylation sites is 1. The van der Waals surface area contributed by atoms with Crippen LogP contribution in [-0.2, 0) is 30.2 Å². The number of anilines is 1. The fourth-order valence-electron chi connectivity index (χ4n) is 3.03. The standard InChI is InChI=1S/C19H30N6O2S.HI/c1-14(2)18-16(13-25(5)22-18)12-24(4)19(20-3)21-11-15-9-7-8-10-17(15)23-28(6,26)27;/h7-10,13-14,23H,11-12H2,1-6H3,(H,20,21);1H. The summed E-state index contributed by atoms with van der Waals surface area (Å²) in [6.07, 6.45) is 3.18. The number of sulfonamides is 1. The molecule has 0 spiro atoms. The van der Waals surface area contributed by atoms with E-state index in [2.05, 4.69) is 34.0 Å². The van der Waals surface area contributed by atoms with E-state index in [1.54, 1.807) is 19.2 Å². The van der Waals surface area contributed by atoms with Gasteiger partial charge in [0.1, 0.15) is 0 Å². The smallest absolute Gasteiger partial charge is 0.229 e. The molecule has 0 aliphatic heterocycles. The summed E-state index contributed by atoms with van der Waals surface area (Å²) in [5.41, 5.74) is 3.63. The number of hydrogen-bond acceptors (Lipinski definition) is 4. The molecule has 1 aromatic carbocycles. The van der Waals surface area contributed by atoms with Crippen molar-refractivity contribution in [2.45, 2.75) is 32.9 Å². The molecule has 0 unspecified atom stereocenters. The van der Waals surface area contributed by atoms with Crippen molar-refractivity contribution in [3.8, 4) is 0 Å². The highest BCUT2D eigenvalue weighted by Crippen LogP contribution is 2.19. The maximum Gasteiger partial charge on any atom is 0.229 e. The second-order valence-corrected chi connectivity index (χ2v) is 8.90. The minimum atomic E-state index is -3.34. The summed E-state index contributed by atoms with van der Waals surface area (Å²) in [5, 5.41) is 7.85. The van der Waals surface area contributed by atoms with Crippen LogP contribution < -0.4 is 10.0 Å². The molecule has 8 nitrogen and oxygen atoms in total. The third kappa shape index (κ3) is 7.50. The zero-order valence-electron chi connectivity index (χ0n) is 17.8. The fraction of sp³-hybridized carbons (Fsp3) is 0.474. The lowest BCUT2D eigenvalue weighted by molar-refractivity contribution is 0.473. The van der Waals surface area contributed by atoms with Crippen LogP contribution in [0.3, 0.4) is 0 Å². The number of nitrogens with zero attached hydrogens (tertiary/aromatic N) is 4. The molecule has 29 heavy (non-hydrogen) atoms. The molecule has 10 heteroatoms. The number of aliphatic imine (C=N–C) groups is 1. The van der Waals surface area contributed by atoms with Crippen LogP contribution in [0.25, 0.3) is 0 Å². The molecule has 2 N–H and O–H groups in total. The second-order valence-electron chi connectivity index (χ2n) is 7.16. The third-order valence-corrected chi connectivity index (χ3v) is 4.81. The summed E-state index contributed by atoms with van der Waals surface area (Å²) in [7, 11) is 2.28. The Labute approximate surface area is 190 Å². The number of guanidine groups is 1. The SMILES string of the molecule is CN=C(NCc1ccccc1NS(C)(=O)=O)N(C)Cc1cn(C)nc1C(C)C.I. The molecule has 0 saturated heterocycles. The maximum atomic E-state index is 11.6. The molecule has 162 valence electrons. The summed E-state index contributed by atoms with van der Waals surface area (Å²) in [6.45, 7) is 5.37. The van der Waals surface area contributed by atoms with E-state index in [1.807, 2.05) is 42.0 Å². The topological polar surface area (TPSA) is 91.6 Å². The molecule has 0 radical (unpaired) electrons. The Hall–Kier alpha value is -1.82. The lowest BCUT2D eigenvalue weighted by atomic mass is 10.1. The monoisotopic (exact) mass is 534 g/mol. The van der Waals surface area contributed by atoms with Crippen LogP contribution in [0.15, 0.2) is 35.5 Å². The van der Waals surface area contributed by atoms with E-state index in [9.17, 15) is 8.42 Å². The average molecular weight is 534 g/mol. The zero-order chi connectivity index (χ0) is 20.9. The van der Waals surface area contributed by atoms with E-state index >= 15 is 0 Å². The number of aryl methyl sites for hydroxylation is 1. The predicted molar refractivity (Wildman–Crippen MR) is 129 cm³/mol. The second kappa shape index (κ2) is 10.8. The van der Waals surface area contributed by atoms with Gasteiger partial charge in [0.2, 0.25) is 10.0 Å². The van der Waals surface area contributed by atoms with E-state index in [4.69, 9.17) is 0 Å². The van der Waals surface area contributed by atoms with Crippen LogP contribution in [0.1, 0.15) is 36.6 Å². The maximum absolute atomic E-state index is 11.6. The summed E-state index contributed by atoms with van der Waals surface area (Å²) < 4.78 is 27.5. The zero-order valence-corrected chi connectivity index (χ0v) is 20.9. The number of halogens is 1. The molecular formula is C19H31IN6O2S. The molecule has 2 aromatic rings. The minimum Gasteiger partial charge on any atom is -0.352 e. The first-order valence-corrected chi connectivity index (χ1v) is 11.0. The van der Waals surface area contributed by atoms with Crippen LogP contribution >= 0.6 is 24.0 Å². The van der Waals surface area contributed by atoms with Gasteiger partial charge in [-0.3, -0.25) is 14.4 Å². The van der Waals surface area contributed by atoms with Crippen molar-refractivity contribution in [1.29, 1.82) is 0 Å². The normalized spacial score (nSPS) is 11.9. The molecule has 0 fully saturated rings. The Morgan fingerprint density at radius 2 is 1.93 bits per heavy atom. The molecule has 0 amide bonds. The summed E-state index contributed by atoms with van der Waals surface area (Å²) in [4.78, 5) is 6.37. The number of aromatic nitrogens is 2. The van der Waals surface area contributed by atoms with Crippen LogP contribution in [0.2, 0.25) is 0 Å². The predicted octanol–water partition coefficient (Wildman–Crippen LogP) is 2.74. The molecule has 2 rings (SSSR count). The Morgan fingerprint density at radius 3 is 2.52 bits per heavy atom. The lowest BCUT2D eigenvalue weighted by Crippen LogP contribution is -2.38. The molecule has 0 bridgehead atoms. The van der Waals surface area contributed by atoms with Gasteiger partial charge in [-0.05, 0) is 17.5 Å². The van der Waals surface area contributed by atoms with Crippen LogP contribution in [-0.4, -0.2) is 49.4 Å². The molecule has 0 saturated carbocycles. The molecular weight excluding hydrogens is 503 g/mol. The first-order chi connectivity index (χ1) is 13.1. The Morgan fingerprint density at radius 1 is 1.28 bits per heavy atom. The molecule has 1 aromatic heterocycles. The van der Waals surface area contributed by atoms with E-state index in [0.717, 1.165) is 23.1 Å². The summed E-state index contributed by atoms with van der Waals surface area (Å²) in [5.74, 6) is 1.06. The van der Waals surface area contributed by atoms with E-state index < -0.39 is 10.0 Å². The van der Waals surface area contributed by atoms with Gasteiger partial charge in [0.25, 0.3) is 0 Å². The number of benzene rings is 1. The molecule has 0 aliphatic rings. The first kappa shape index (κ1) is 25.2. The Kier molecular flexibility index (Phi) is 9.40. The first-order valence-electron chi connectivity index (χ1n) is 9.10. The van der Waals surface area contributed by atoms with Crippen molar-refractivity contribution in [3.05, 3.63) is 47.3 Å². The lowest BCUT2D eigenvalue weighted by Gasteiger charge is -2.23. The minimum absolute atomic E-state index is 0. The Bertz CT molecular complexity index is 940.